The summed E-state index contributed by atoms with van der Waals surface area (Å²) in [5, 5.41) is 0. The van der Waals surface area contributed by atoms with Gasteiger partial charge in [-0.05, 0) is 30.7 Å². The fraction of sp³-hybridized carbons (Fsp3) is 0.250. The van der Waals surface area contributed by atoms with Crippen molar-refractivity contribution in [1.82, 2.24) is 0 Å². The molecule has 2 rings (SSSR count). The molecule has 0 aliphatic carbocycles. The molecule has 0 saturated carbocycles. The van der Waals surface area contributed by atoms with Gasteiger partial charge >= 0.3 is 0 Å². The first-order chi connectivity index (χ1) is 10.2. The van der Waals surface area contributed by atoms with Crippen LogP contribution in [0.3, 0.4) is 0 Å². The van der Waals surface area contributed by atoms with Gasteiger partial charge in [-0.25, -0.2) is 8.78 Å². The summed E-state index contributed by atoms with van der Waals surface area (Å²) in [6.07, 6.45) is 0. The van der Waals surface area contributed by atoms with Crippen LogP contribution in [0.2, 0.25) is 0 Å². The molecule has 112 valence electrons. The molecular formula is C16H17F2NO2. The molecule has 5 heteroatoms. The Hall–Kier alpha value is -2.14. The molecule has 0 aromatic heterocycles. The van der Waals surface area contributed by atoms with Gasteiger partial charge in [-0.15, -0.1) is 0 Å². The van der Waals surface area contributed by atoms with Crippen molar-refractivity contribution < 1.29 is 18.3 Å². The molecule has 0 saturated heterocycles. The van der Waals surface area contributed by atoms with Crippen molar-refractivity contribution in [1.29, 1.82) is 0 Å². The zero-order valence-electron chi connectivity index (χ0n) is 11.7. The standard InChI is InChI=1S/C16H17F2NO2/c1-2-20-15-5-3-4-12(9-19)16(15)21-10-11-6-7-13(17)14(18)8-11/h3-8H,2,9-10,19H2,1H3. The highest BCUT2D eigenvalue weighted by Gasteiger charge is 2.11. The van der Waals surface area contributed by atoms with Crippen molar-refractivity contribution in [2.24, 2.45) is 5.73 Å². The molecule has 0 heterocycles. The van der Waals surface area contributed by atoms with Crippen LogP contribution in [-0.2, 0) is 13.2 Å². The molecule has 0 unspecified atom stereocenters. The molecule has 2 aromatic rings. The Bertz CT molecular complexity index is 617. The number of ether oxygens (including phenoxy) is 2. The van der Waals surface area contributed by atoms with Crippen LogP contribution in [0.15, 0.2) is 36.4 Å². The van der Waals surface area contributed by atoms with Gasteiger partial charge in [-0.3, -0.25) is 0 Å². The van der Waals surface area contributed by atoms with Crippen LogP contribution < -0.4 is 15.2 Å². The topological polar surface area (TPSA) is 44.5 Å². The molecule has 0 spiro atoms. The molecule has 0 radical (unpaired) electrons. The minimum atomic E-state index is -0.895. The average Bonchev–Trinajstić information content (AvgIpc) is 2.49. The van der Waals surface area contributed by atoms with E-state index in [0.29, 0.717) is 30.2 Å². The fourth-order valence-corrected chi connectivity index (χ4v) is 1.94. The third-order valence-corrected chi connectivity index (χ3v) is 2.95. The molecule has 0 aliphatic rings. The van der Waals surface area contributed by atoms with E-state index in [2.05, 4.69) is 0 Å². The van der Waals surface area contributed by atoms with Gasteiger partial charge in [0.1, 0.15) is 6.61 Å². The van der Waals surface area contributed by atoms with E-state index in [1.807, 2.05) is 19.1 Å². The molecule has 0 fully saturated rings. The Kier molecular flexibility index (Phi) is 5.11. The van der Waals surface area contributed by atoms with Crippen LogP contribution in [-0.4, -0.2) is 6.61 Å². The molecule has 0 atom stereocenters. The summed E-state index contributed by atoms with van der Waals surface area (Å²) in [5.41, 5.74) is 7.01. The molecule has 2 aromatic carbocycles. The van der Waals surface area contributed by atoms with Crippen molar-refractivity contribution in [3.05, 3.63) is 59.2 Å². The van der Waals surface area contributed by atoms with E-state index >= 15 is 0 Å². The molecule has 3 nitrogen and oxygen atoms in total. The monoisotopic (exact) mass is 293 g/mol. The third kappa shape index (κ3) is 3.70. The highest BCUT2D eigenvalue weighted by molar-refractivity contribution is 5.46. The lowest BCUT2D eigenvalue weighted by atomic mass is 10.2. The first-order valence-electron chi connectivity index (χ1n) is 6.67. The lowest BCUT2D eigenvalue weighted by molar-refractivity contribution is 0.266. The normalized spacial score (nSPS) is 10.5. The molecule has 0 aliphatic heterocycles. The van der Waals surface area contributed by atoms with Crippen molar-refractivity contribution in [3.8, 4) is 11.5 Å². The predicted octanol–water partition coefficient (Wildman–Crippen LogP) is 3.40. The highest BCUT2D eigenvalue weighted by atomic mass is 19.2. The number of rotatable bonds is 6. The lowest BCUT2D eigenvalue weighted by Crippen LogP contribution is -2.05. The van der Waals surface area contributed by atoms with E-state index in [0.717, 1.165) is 17.7 Å². The minimum Gasteiger partial charge on any atom is -0.490 e. The maximum atomic E-state index is 13.2. The lowest BCUT2D eigenvalue weighted by Gasteiger charge is -2.15. The second kappa shape index (κ2) is 7.04. The highest BCUT2D eigenvalue weighted by Crippen LogP contribution is 2.32. The number of para-hydroxylation sites is 1. The summed E-state index contributed by atoms with van der Waals surface area (Å²) in [6, 6.07) is 9.11. The maximum Gasteiger partial charge on any atom is 0.166 e. The van der Waals surface area contributed by atoms with E-state index in [4.69, 9.17) is 15.2 Å². The van der Waals surface area contributed by atoms with Crippen LogP contribution >= 0.6 is 0 Å². The number of hydrogen-bond donors (Lipinski definition) is 1. The largest absolute Gasteiger partial charge is 0.490 e. The minimum absolute atomic E-state index is 0.105. The van der Waals surface area contributed by atoms with Gasteiger partial charge < -0.3 is 15.2 Å². The molecule has 0 bridgehead atoms. The Labute approximate surface area is 122 Å². The van der Waals surface area contributed by atoms with Crippen LogP contribution in [0.1, 0.15) is 18.1 Å². The van der Waals surface area contributed by atoms with Gasteiger partial charge in [0.2, 0.25) is 0 Å². The number of benzene rings is 2. The maximum absolute atomic E-state index is 13.2. The molecule has 0 amide bonds. The van der Waals surface area contributed by atoms with Crippen molar-refractivity contribution in [2.75, 3.05) is 6.61 Å². The number of hydrogen-bond acceptors (Lipinski definition) is 3. The zero-order chi connectivity index (χ0) is 15.2. The zero-order valence-corrected chi connectivity index (χ0v) is 11.7. The van der Waals surface area contributed by atoms with Crippen LogP contribution in [0, 0.1) is 11.6 Å². The van der Waals surface area contributed by atoms with Crippen molar-refractivity contribution in [2.45, 2.75) is 20.1 Å². The summed E-state index contributed by atoms with van der Waals surface area (Å²) in [5.74, 6) is -0.654. The summed E-state index contributed by atoms with van der Waals surface area (Å²) in [4.78, 5) is 0. The second-order valence-corrected chi connectivity index (χ2v) is 4.42. The van der Waals surface area contributed by atoms with E-state index < -0.39 is 11.6 Å². The third-order valence-electron chi connectivity index (χ3n) is 2.95. The van der Waals surface area contributed by atoms with E-state index in [-0.39, 0.29) is 6.61 Å². The Morgan fingerprint density at radius 1 is 1.05 bits per heavy atom. The quantitative estimate of drug-likeness (QED) is 0.887. The van der Waals surface area contributed by atoms with E-state index in [9.17, 15) is 8.78 Å². The number of nitrogens with two attached hydrogens (primary N) is 1. The smallest absolute Gasteiger partial charge is 0.166 e. The van der Waals surface area contributed by atoms with Gasteiger partial charge in [0.15, 0.2) is 23.1 Å². The van der Waals surface area contributed by atoms with Gasteiger partial charge in [0, 0.05) is 12.1 Å². The molecule has 21 heavy (non-hydrogen) atoms. The molecule has 2 N–H and O–H groups in total. The van der Waals surface area contributed by atoms with Gasteiger partial charge in [0.25, 0.3) is 0 Å². The van der Waals surface area contributed by atoms with Crippen LogP contribution in [0.5, 0.6) is 11.5 Å². The van der Waals surface area contributed by atoms with Gasteiger partial charge in [0.05, 0.1) is 6.61 Å². The van der Waals surface area contributed by atoms with Gasteiger partial charge in [-0.2, -0.15) is 0 Å². The summed E-state index contributed by atoms with van der Waals surface area (Å²) >= 11 is 0. The predicted molar refractivity (Wildman–Crippen MR) is 76.2 cm³/mol. The fourth-order valence-electron chi connectivity index (χ4n) is 1.94. The first-order valence-corrected chi connectivity index (χ1v) is 6.67. The molecular weight excluding hydrogens is 276 g/mol. The summed E-state index contributed by atoms with van der Waals surface area (Å²) in [6.45, 7) is 2.77. The summed E-state index contributed by atoms with van der Waals surface area (Å²) < 4.78 is 37.3. The van der Waals surface area contributed by atoms with Crippen LogP contribution in [0.25, 0.3) is 0 Å². The Balaban J connectivity index is 2.20. The van der Waals surface area contributed by atoms with Crippen LogP contribution in [0.4, 0.5) is 8.78 Å². The van der Waals surface area contributed by atoms with E-state index in [1.165, 1.54) is 6.07 Å². The van der Waals surface area contributed by atoms with Gasteiger partial charge in [-0.1, -0.05) is 18.2 Å². The van der Waals surface area contributed by atoms with Crippen molar-refractivity contribution >= 4 is 0 Å². The first kappa shape index (κ1) is 15.3. The second-order valence-electron chi connectivity index (χ2n) is 4.42. The Morgan fingerprint density at radius 3 is 2.52 bits per heavy atom. The van der Waals surface area contributed by atoms with Crippen molar-refractivity contribution in [3.63, 3.8) is 0 Å². The number of halogens is 2. The SMILES string of the molecule is CCOc1cccc(CN)c1OCc1ccc(F)c(F)c1. The summed E-state index contributed by atoms with van der Waals surface area (Å²) in [7, 11) is 0. The van der Waals surface area contributed by atoms with E-state index in [1.54, 1.807) is 6.07 Å². The Morgan fingerprint density at radius 2 is 1.86 bits per heavy atom. The average molecular weight is 293 g/mol.